The lowest BCUT2D eigenvalue weighted by atomic mass is 9.76. The number of benzene rings is 1. The smallest absolute Gasteiger partial charge is 0.230 e. The summed E-state index contributed by atoms with van der Waals surface area (Å²) >= 11 is 0. The minimum absolute atomic E-state index is 0.0955. The van der Waals surface area contributed by atoms with Crippen LogP contribution in [0.3, 0.4) is 0 Å². The molecule has 1 amide bonds. The van der Waals surface area contributed by atoms with Gasteiger partial charge in [-0.25, -0.2) is 0 Å². The molecule has 26 heavy (non-hydrogen) atoms. The van der Waals surface area contributed by atoms with Gasteiger partial charge >= 0.3 is 0 Å². The monoisotopic (exact) mass is 356 g/mol. The third-order valence-electron chi connectivity index (χ3n) is 6.76. The summed E-state index contributed by atoms with van der Waals surface area (Å²) in [5, 5.41) is 9.75. The van der Waals surface area contributed by atoms with E-state index in [4.69, 9.17) is 0 Å². The number of amides is 1. The fraction of sp³-hybridized carbons (Fsp3) is 0.682. The molecule has 1 aliphatic carbocycles. The van der Waals surface area contributed by atoms with E-state index in [9.17, 15) is 9.90 Å². The largest absolute Gasteiger partial charge is 0.392 e. The summed E-state index contributed by atoms with van der Waals surface area (Å²) in [6.45, 7) is 5.52. The van der Waals surface area contributed by atoms with Crippen molar-refractivity contribution in [2.75, 3.05) is 31.1 Å². The molecule has 1 spiro atoms. The van der Waals surface area contributed by atoms with Crippen LogP contribution >= 0.6 is 0 Å². The zero-order chi connectivity index (χ0) is 18.1. The highest BCUT2D eigenvalue weighted by atomic mass is 16.3. The van der Waals surface area contributed by atoms with Gasteiger partial charge in [-0.3, -0.25) is 4.79 Å². The van der Waals surface area contributed by atoms with Crippen LogP contribution in [0.2, 0.25) is 0 Å². The number of carbonyl (C=O) groups is 1. The van der Waals surface area contributed by atoms with Crippen molar-refractivity contribution in [2.24, 2.45) is 5.92 Å². The van der Waals surface area contributed by atoms with E-state index in [0.717, 1.165) is 64.0 Å². The van der Waals surface area contributed by atoms with Gasteiger partial charge < -0.3 is 14.9 Å². The highest BCUT2D eigenvalue weighted by Gasteiger charge is 2.46. The minimum Gasteiger partial charge on any atom is -0.392 e. The minimum atomic E-state index is -0.277. The van der Waals surface area contributed by atoms with Crippen LogP contribution in [0.1, 0.15) is 57.4 Å². The molecule has 0 aromatic heterocycles. The van der Waals surface area contributed by atoms with E-state index in [0.29, 0.717) is 5.91 Å². The topological polar surface area (TPSA) is 43.8 Å². The number of aliphatic hydroxyl groups is 1. The zero-order valence-electron chi connectivity index (χ0n) is 16.0. The summed E-state index contributed by atoms with van der Waals surface area (Å²) in [5.74, 6) is 0.590. The van der Waals surface area contributed by atoms with Crippen molar-refractivity contribution in [1.82, 2.24) is 4.90 Å². The lowest BCUT2D eigenvalue weighted by molar-refractivity contribution is -0.122. The number of likely N-dealkylation sites (tertiary alicyclic amines) is 1. The standard InChI is InChI=1S/C22H32N2O2/c1-17(25)15-23-13-6-11-22(12-14-23)16-24(20-10-5-4-9-19(20)22)21(26)18-7-2-3-8-18/h4-5,9-10,17-18,25H,2-3,6-8,11-16H2,1H3. The summed E-state index contributed by atoms with van der Waals surface area (Å²) < 4.78 is 0. The van der Waals surface area contributed by atoms with Gasteiger partial charge in [-0.05, 0) is 63.7 Å². The zero-order valence-corrected chi connectivity index (χ0v) is 16.0. The number of β-amino-alcohol motifs (C(OH)–C–C–N with tert-alkyl or cyclic N) is 1. The summed E-state index contributed by atoms with van der Waals surface area (Å²) in [6, 6.07) is 8.60. The van der Waals surface area contributed by atoms with Crippen molar-refractivity contribution in [3.63, 3.8) is 0 Å². The molecule has 4 rings (SSSR count). The average molecular weight is 357 g/mol. The molecule has 1 N–H and O–H groups in total. The summed E-state index contributed by atoms with van der Waals surface area (Å²) in [7, 11) is 0. The Bertz CT molecular complexity index is 653. The van der Waals surface area contributed by atoms with E-state index in [-0.39, 0.29) is 17.4 Å². The third kappa shape index (κ3) is 3.29. The molecule has 2 heterocycles. The second kappa shape index (κ2) is 7.32. The van der Waals surface area contributed by atoms with Gasteiger partial charge in [0, 0.05) is 30.1 Å². The van der Waals surface area contributed by atoms with E-state index < -0.39 is 0 Å². The molecule has 4 heteroatoms. The van der Waals surface area contributed by atoms with Crippen LogP contribution in [0.4, 0.5) is 5.69 Å². The molecule has 3 aliphatic rings. The van der Waals surface area contributed by atoms with Gasteiger partial charge in [0.2, 0.25) is 5.91 Å². The number of para-hydroxylation sites is 1. The Balaban J connectivity index is 1.58. The van der Waals surface area contributed by atoms with Gasteiger partial charge in [0.05, 0.1) is 6.10 Å². The van der Waals surface area contributed by atoms with Crippen molar-refractivity contribution in [1.29, 1.82) is 0 Å². The predicted molar refractivity (Wildman–Crippen MR) is 104 cm³/mol. The van der Waals surface area contributed by atoms with Crippen LogP contribution in [0.5, 0.6) is 0 Å². The Kier molecular flexibility index (Phi) is 5.07. The Labute approximate surface area is 157 Å². The molecule has 4 nitrogen and oxygen atoms in total. The van der Waals surface area contributed by atoms with Crippen LogP contribution in [0.15, 0.2) is 24.3 Å². The van der Waals surface area contributed by atoms with E-state index >= 15 is 0 Å². The number of fused-ring (bicyclic) bond motifs is 2. The number of nitrogens with zero attached hydrogens (tertiary/aromatic N) is 2. The molecular weight excluding hydrogens is 324 g/mol. The highest BCUT2D eigenvalue weighted by Crippen LogP contribution is 2.48. The Morgan fingerprint density at radius 3 is 2.73 bits per heavy atom. The lowest BCUT2D eigenvalue weighted by Crippen LogP contribution is -2.40. The summed E-state index contributed by atoms with van der Waals surface area (Å²) in [5.41, 5.74) is 2.64. The lowest BCUT2D eigenvalue weighted by Gasteiger charge is -2.30. The van der Waals surface area contributed by atoms with Crippen molar-refractivity contribution < 1.29 is 9.90 Å². The Morgan fingerprint density at radius 2 is 1.96 bits per heavy atom. The van der Waals surface area contributed by atoms with Gasteiger partial charge in [0.15, 0.2) is 0 Å². The average Bonchev–Trinajstić information content (AvgIpc) is 3.21. The Hall–Kier alpha value is -1.39. The van der Waals surface area contributed by atoms with E-state index in [1.807, 2.05) is 6.92 Å². The first kappa shape index (κ1) is 18.0. The molecule has 0 radical (unpaired) electrons. The van der Waals surface area contributed by atoms with Gasteiger partial charge in [-0.15, -0.1) is 0 Å². The van der Waals surface area contributed by atoms with E-state index in [1.54, 1.807) is 0 Å². The van der Waals surface area contributed by atoms with Crippen LogP contribution in [-0.2, 0) is 10.2 Å². The second-order valence-corrected chi connectivity index (χ2v) is 8.71. The molecule has 142 valence electrons. The van der Waals surface area contributed by atoms with Crippen LogP contribution in [0, 0.1) is 5.92 Å². The van der Waals surface area contributed by atoms with Gasteiger partial charge in [-0.2, -0.15) is 0 Å². The van der Waals surface area contributed by atoms with Crippen molar-refractivity contribution in [3.8, 4) is 0 Å². The van der Waals surface area contributed by atoms with E-state index in [1.165, 1.54) is 18.4 Å². The fourth-order valence-corrected chi connectivity index (χ4v) is 5.45. The fourth-order valence-electron chi connectivity index (χ4n) is 5.45. The number of aliphatic hydroxyl groups excluding tert-OH is 1. The van der Waals surface area contributed by atoms with Gasteiger partial charge in [0.1, 0.15) is 0 Å². The van der Waals surface area contributed by atoms with E-state index in [2.05, 4.69) is 34.1 Å². The summed E-state index contributed by atoms with van der Waals surface area (Å²) in [4.78, 5) is 17.7. The predicted octanol–water partition coefficient (Wildman–Crippen LogP) is 3.33. The molecular formula is C22H32N2O2. The normalized spacial score (nSPS) is 28.3. The molecule has 1 aromatic carbocycles. The summed E-state index contributed by atoms with van der Waals surface area (Å²) in [6.07, 6.45) is 7.59. The number of anilines is 1. The maximum atomic E-state index is 13.2. The van der Waals surface area contributed by atoms with Gasteiger partial charge in [-0.1, -0.05) is 31.0 Å². The first-order chi connectivity index (χ1) is 12.6. The van der Waals surface area contributed by atoms with Crippen LogP contribution in [-0.4, -0.2) is 48.2 Å². The molecule has 2 unspecified atom stereocenters. The quantitative estimate of drug-likeness (QED) is 0.903. The van der Waals surface area contributed by atoms with Crippen LogP contribution in [0.25, 0.3) is 0 Å². The second-order valence-electron chi connectivity index (χ2n) is 8.71. The number of hydrogen-bond donors (Lipinski definition) is 1. The molecule has 2 aliphatic heterocycles. The number of carbonyl (C=O) groups excluding carboxylic acids is 1. The molecule has 1 saturated carbocycles. The maximum Gasteiger partial charge on any atom is 0.230 e. The first-order valence-corrected chi connectivity index (χ1v) is 10.4. The third-order valence-corrected chi connectivity index (χ3v) is 6.76. The van der Waals surface area contributed by atoms with Crippen LogP contribution < -0.4 is 4.90 Å². The Morgan fingerprint density at radius 1 is 1.19 bits per heavy atom. The van der Waals surface area contributed by atoms with Crippen molar-refractivity contribution in [2.45, 2.75) is 63.4 Å². The molecule has 2 atom stereocenters. The molecule has 0 bridgehead atoms. The molecule has 1 aromatic rings. The van der Waals surface area contributed by atoms with Crippen molar-refractivity contribution in [3.05, 3.63) is 29.8 Å². The SMILES string of the molecule is CC(O)CN1CCCC2(CC1)CN(C(=O)C1CCCC1)c1ccccc12. The highest BCUT2D eigenvalue weighted by molar-refractivity contribution is 5.98. The maximum absolute atomic E-state index is 13.2. The number of rotatable bonds is 3. The molecule has 2 fully saturated rings. The van der Waals surface area contributed by atoms with Gasteiger partial charge in [0.25, 0.3) is 0 Å². The first-order valence-electron chi connectivity index (χ1n) is 10.4. The van der Waals surface area contributed by atoms with Crippen molar-refractivity contribution >= 4 is 11.6 Å². The molecule has 1 saturated heterocycles. The number of hydrogen-bond acceptors (Lipinski definition) is 3.